The van der Waals surface area contributed by atoms with Gasteiger partial charge in [0.15, 0.2) is 12.3 Å². The van der Waals surface area contributed by atoms with Gasteiger partial charge >= 0.3 is 0 Å². The predicted molar refractivity (Wildman–Crippen MR) is 119 cm³/mol. The number of amides is 1. The molecule has 0 aliphatic heterocycles. The van der Waals surface area contributed by atoms with Crippen LogP contribution in [0.3, 0.4) is 0 Å². The number of aromatic nitrogens is 3. The molecule has 8 nitrogen and oxygen atoms in total. The molecule has 2 aromatic carbocycles. The van der Waals surface area contributed by atoms with Crippen molar-refractivity contribution in [2.45, 2.75) is 44.1 Å². The van der Waals surface area contributed by atoms with Gasteiger partial charge in [-0.3, -0.25) is 4.79 Å². The van der Waals surface area contributed by atoms with E-state index < -0.39 is 0 Å². The van der Waals surface area contributed by atoms with E-state index >= 15 is 0 Å². The smallest absolute Gasteiger partial charge is 0.277 e. The van der Waals surface area contributed by atoms with Crippen LogP contribution < -0.4 is 10.1 Å². The number of nitrogens with zero attached hydrogens (tertiary/aromatic N) is 3. The highest BCUT2D eigenvalue weighted by Crippen LogP contribution is 2.43. The normalized spacial score (nSPS) is 15.4. The van der Waals surface area contributed by atoms with Gasteiger partial charge in [0.1, 0.15) is 11.5 Å². The Morgan fingerprint density at radius 3 is 2.45 bits per heavy atom. The fourth-order valence-electron chi connectivity index (χ4n) is 3.62. The van der Waals surface area contributed by atoms with Crippen LogP contribution >= 0.6 is 0 Å². The molecule has 0 unspecified atom stereocenters. The minimum atomic E-state index is -0.282. The van der Waals surface area contributed by atoms with Crippen LogP contribution in [0, 0.1) is 0 Å². The SMILES string of the molecule is O=C(Nc1ccc(OCc2noc(C3CC3)n2)cc1)c1nc(-c2ccccc2)oc1C1CC1. The molecular weight excluding hydrogens is 420 g/mol. The quantitative estimate of drug-likeness (QED) is 0.394. The van der Waals surface area contributed by atoms with Crippen LogP contribution in [0.15, 0.2) is 63.5 Å². The first-order chi connectivity index (χ1) is 16.2. The molecule has 6 rings (SSSR count). The van der Waals surface area contributed by atoms with Crippen LogP contribution in [0.1, 0.15) is 65.5 Å². The number of carbonyl (C=O) groups excluding carboxylic acids is 1. The molecule has 2 fully saturated rings. The average molecular weight is 442 g/mol. The van der Waals surface area contributed by atoms with Crippen molar-refractivity contribution in [1.82, 2.24) is 15.1 Å². The number of oxazole rings is 1. The Hall–Kier alpha value is -3.94. The second-order valence-electron chi connectivity index (χ2n) is 8.46. The van der Waals surface area contributed by atoms with Gasteiger partial charge in [-0.1, -0.05) is 23.4 Å². The van der Waals surface area contributed by atoms with Crippen LogP contribution in [0.2, 0.25) is 0 Å². The maximum absolute atomic E-state index is 13.0. The van der Waals surface area contributed by atoms with Crippen molar-refractivity contribution in [2.75, 3.05) is 5.32 Å². The van der Waals surface area contributed by atoms with Crippen molar-refractivity contribution < 1.29 is 18.5 Å². The Kier molecular flexibility index (Phi) is 4.90. The van der Waals surface area contributed by atoms with E-state index in [1.54, 1.807) is 24.3 Å². The lowest BCUT2D eigenvalue weighted by Crippen LogP contribution is -2.14. The molecule has 2 heterocycles. The third-order valence-electron chi connectivity index (χ3n) is 5.73. The summed E-state index contributed by atoms with van der Waals surface area (Å²) in [6, 6.07) is 16.8. The maximum Gasteiger partial charge on any atom is 0.277 e. The lowest BCUT2D eigenvalue weighted by molar-refractivity contribution is 0.102. The highest BCUT2D eigenvalue weighted by molar-refractivity contribution is 6.04. The van der Waals surface area contributed by atoms with Crippen LogP contribution in [-0.2, 0) is 6.61 Å². The summed E-state index contributed by atoms with van der Waals surface area (Å²) in [6.45, 7) is 0.230. The molecule has 8 heteroatoms. The van der Waals surface area contributed by atoms with Gasteiger partial charge in [-0.15, -0.1) is 0 Å². The van der Waals surface area contributed by atoms with Crippen LogP contribution in [-0.4, -0.2) is 21.0 Å². The third kappa shape index (κ3) is 4.37. The molecule has 33 heavy (non-hydrogen) atoms. The summed E-state index contributed by atoms with van der Waals surface area (Å²) in [5.41, 5.74) is 1.85. The molecule has 2 aliphatic carbocycles. The second-order valence-corrected chi connectivity index (χ2v) is 8.46. The molecule has 2 aliphatic rings. The number of carbonyl (C=O) groups is 1. The van der Waals surface area contributed by atoms with Crippen molar-refractivity contribution in [3.8, 4) is 17.2 Å². The summed E-state index contributed by atoms with van der Waals surface area (Å²) in [6.07, 6.45) is 4.25. The summed E-state index contributed by atoms with van der Waals surface area (Å²) >= 11 is 0. The van der Waals surface area contributed by atoms with Crippen LogP contribution in [0.25, 0.3) is 11.5 Å². The number of rotatable bonds is 8. The monoisotopic (exact) mass is 442 g/mol. The topological polar surface area (TPSA) is 103 Å². The number of hydrogen-bond donors (Lipinski definition) is 1. The zero-order valence-electron chi connectivity index (χ0n) is 17.9. The summed E-state index contributed by atoms with van der Waals surface area (Å²) in [7, 11) is 0. The standard InChI is InChI=1S/C25H22N4O4/c30-23(21-22(15-6-7-15)32-24(28-21)16-4-2-1-3-5-16)26-18-10-12-19(13-11-18)31-14-20-27-25(33-29-20)17-8-9-17/h1-5,10-13,15,17H,6-9,14H2,(H,26,30). The van der Waals surface area contributed by atoms with E-state index in [4.69, 9.17) is 13.7 Å². The number of benzene rings is 2. The fraction of sp³-hybridized carbons (Fsp3) is 0.280. The average Bonchev–Trinajstić information content (AvgIpc) is 3.79. The Morgan fingerprint density at radius 2 is 1.73 bits per heavy atom. The van der Waals surface area contributed by atoms with Crippen molar-refractivity contribution in [2.24, 2.45) is 0 Å². The van der Waals surface area contributed by atoms with Crippen LogP contribution in [0.5, 0.6) is 5.75 Å². The van der Waals surface area contributed by atoms with Gasteiger partial charge in [-0.2, -0.15) is 4.98 Å². The largest absolute Gasteiger partial charge is 0.485 e. The van der Waals surface area contributed by atoms with E-state index in [2.05, 4.69) is 20.4 Å². The number of nitrogens with one attached hydrogen (secondary N) is 1. The number of anilines is 1. The first-order valence-electron chi connectivity index (χ1n) is 11.2. The molecular formula is C25H22N4O4. The van der Waals surface area contributed by atoms with Gasteiger partial charge in [0.2, 0.25) is 17.6 Å². The maximum atomic E-state index is 13.0. The van der Waals surface area contributed by atoms with E-state index in [0.29, 0.717) is 46.4 Å². The summed E-state index contributed by atoms with van der Waals surface area (Å²) in [5.74, 6) is 3.41. The van der Waals surface area contributed by atoms with E-state index in [1.165, 1.54) is 0 Å². The molecule has 2 aromatic heterocycles. The van der Waals surface area contributed by atoms with Crippen molar-refractivity contribution in [1.29, 1.82) is 0 Å². The van der Waals surface area contributed by atoms with Crippen molar-refractivity contribution in [3.63, 3.8) is 0 Å². The Labute approximate surface area is 190 Å². The molecule has 166 valence electrons. The Balaban J connectivity index is 1.12. The summed E-state index contributed by atoms with van der Waals surface area (Å²) in [5, 5.41) is 6.86. The van der Waals surface area contributed by atoms with E-state index in [-0.39, 0.29) is 18.4 Å². The highest BCUT2D eigenvalue weighted by atomic mass is 16.5. The van der Waals surface area contributed by atoms with Gasteiger partial charge in [0, 0.05) is 23.1 Å². The van der Waals surface area contributed by atoms with E-state index in [9.17, 15) is 4.79 Å². The summed E-state index contributed by atoms with van der Waals surface area (Å²) < 4.78 is 17.0. The molecule has 0 bridgehead atoms. The molecule has 2 saturated carbocycles. The third-order valence-corrected chi connectivity index (χ3v) is 5.73. The number of ether oxygens (including phenoxy) is 1. The van der Waals surface area contributed by atoms with Gasteiger partial charge in [0.25, 0.3) is 5.91 Å². The predicted octanol–water partition coefficient (Wildman–Crippen LogP) is 5.31. The minimum absolute atomic E-state index is 0.230. The number of hydrogen-bond acceptors (Lipinski definition) is 7. The molecule has 0 radical (unpaired) electrons. The van der Waals surface area contributed by atoms with E-state index in [0.717, 1.165) is 31.2 Å². The fourth-order valence-corrected chi connectivity index (χ4v) is 3.62. The molecule has 0 atom stereocenters. The lowest BCUT2D eigenvalue weighted by atomic mass is 10.2. The van der Waals surface area contributed by atoms with Gasteiger partial charge in [-0.25, -0.2) is 4.98 Å². The molecule has 1 N–H and O–H groups in total. The van der Waals surface area contributed by atoms with Gasteiger partial charge in [-0.05, 0) is 62.1 Å². The van der Waals surface area contributed by atoms with E-state index in [1.807, 2.05) is 30.3 Å². The first kappa shape index (κ1) is 19.7. The van der Waals surface area contributed by atoms with Crippen molar-refractivity contribution >= 4 is 11.6 Å². The summed E-state index contributed by atoms with van der Waals surface area (Å²) in [4.78, 5) is 21.8. The lowest BCUT2D eigenvalue weighted by Gasteiger charge is -2.07. The van der Waals surface area contributed by atoms with Gasteiger partial charge in [0.05, 0.1) is 0 Å². The Morgan fingerprint density at radius 1 is 0.970 bits per heavy atom. The molecule has 4 aromatic rings. The molecule has 0 saturated heterocycles. The van der Waals surface area contributed by atoms with Crippen molar-refractivity contribution in [3.05, 3.63) is 77.8 Å². The zero-order valence-corrected chi connectivity index (χ0v) is 17.9. The first-order valence-corrected chi connectivity index (χ1v) is 11.2. The van der Waals surface area contributed by atoms with Crippen LogP contribution in [0.4, 0.5) is 5.69 Å². The second kappa shape index (κ2) is 8.20. The highest BCUT2D eigenvalue weighted by Gasteiger charge is 2.34. The zero-order chi connectivity index (χ0) is 22.2. The molecule has 0 spiro atoms. The van der Waals surface area contributed by atoms with Gasteiger partial charge < -0.3 is 19.0 Å². The minimum Gasteiger partial charge on any atom is -0.485 e. The Bertz CT molecular complexity index is 1270. The molecule has 1 amide bonds.